The second-order valence-electron chi connectivity index (χ2n) is 5.15. The number of aliphatic carboxylic acids is 1. The predicted molar refractivity (Wildman–Crippen MR) is 81.3 cm³/mol. The third kappa shape index (κ3) is 2.74. The number of carboxylic acid groups (broad SMARTS) is 1. The minimum absolute atomic E-state index is 0.0337. The molecule has 21 heavy (non-hydrogen) atoms. The number of hydrogen-bond donors (Lipinski definition) is 1. The molecule has 1 atom stereocenters. The van der Waals surface area contributed by atoms with Crippen molar-refractivity contribution in [1.29, 1.82) is 0 Å². The summed E-state index contributed by atoms with van der Waals surface area (Å²) in [5, 5.41) is 12.4. The highest BCUT2D eigenvalue weighted by Gasteiger charge is 2.31. The van der Waals surface area contributed by atoms with E-state index in [1.165, 1.54) is 33.2 Å². The Kier molecular flexibility index (Phi) is 3.84. The number of nitrogens with zero attached hydrogens (tertiary/aromatic N) is 1. The molecule has 2 aliphatic rings. The highest BCUT2D eigenvalue weighted by atomic mass is 32.2. The average Bonchev–Trinajstić information content (AvgIpc) is 2.53. The number of hydrogen-bond acceptors (Lipinski definition) is 3. The van der Waals surface area contributed by atoms with Crippen LogP contribution in [0.4, 0.5) is 0 Å². The molecular formula is C16H15NO3S. The first kappa shape index (κ1) is 13.9. The zero-order valence-corrected chi connectivity index (χ0v) is 12.2. The number of benzene rings is 1. The van der Waals surface area contributed by atoms with Gasteiger partial charge in [-0.1, -0.05) is 24.3 Å². The number of carbonyl (C=O) groups is 2. The van der Waals surface area contributed by atoms with Crippen molar-refractivity contribution in [2.45, 2.75) is 19.3 Å². The molecule has 1 heterocycles. The topological polar surface area (TPSA) is 57.6 Å². The Bertz CT molecular complexity index is 651. The predicted octanol–water partition coefficient (Wildman–Crippen LogP) is 2.76. The summed E-state index contributed by atoms with van der Waals surface area (Å²) in [6.07, 6.45) is 3.86. The molecule has 3 rings (SSSR count). The van der Waals surface area contributed by atoms with E-state index in [0.717, 1.165) is 12.8 Å². The van der Waals surface area contributed by atoms with Gasteiger partial charge in [-0.3, -0.25) is 9.69 Å². The second-order valence-corrected chi connectivity index (χ2v) is 5.93. The Labute approximate surface area is 127 Å². The minimum Gasteiger partial charge on any atom is -0.477 e. The summed E-state index contributed by atoms with van der Waals surface area (Å²) in [6, 6.07) is 8.13. The Morgan fingerprint density at radius 2 is 2.00 bits per heavy atom. The third-order valence-electron chi connectivity index (χ3n) is 3.88. The molecule has 0 spiro atoms. The number of rotatable bonds is 2. The molecule has 1 aliphatic heterocycles. The Balaban J connectivity index is 1.80. The largest absolute Gasteiger partial charge is 0.477 e. The van der Waals surface area contributed by atoms with Crippen LogP contribution in [0.2, 0.25) is 0 Å². The van der Waals surface area contributed by atoms with Crippen LogP contribution in [0, 0.1) is 5.92 Å². The fraction of sp³-hybridized carbons (Fsp3) is 0.250. The van der Waals surface area contributed by atoms with Gasteiger partial charge in [0, 0.05) is 17.5 Å². The van der Waals surface area contributed by atoms with Crippen molar-refractivity contribution < 1.29 is 14.7 Å². The molecule has 1 unspecified atom stereocenters. The van der Waals surface area contributed by atoms with E-state index in [4.69, 9.17) is 0 Å². The molecule has 0 fully saturated rings. The summed E-state index contributed by atoms with van der Waals surface area (Å²) < 4.78 is 0. The first-order chi connectivity index (χ1) is 10.2. The fourth-order valence-corrected chi connectivity index (χ4v) is 3.40. The molecule has 0 saturated carbocycles. The number of fused-ring (bicyclic) bond motifs is 1. The zero-order chi connectivity index (χ0) is 14.8. The summed E-state index contributed by atoms with van der Waals surface area (Å²) in [5.74, 6) is -1.36. The standard InChI is InChI=1S/C16H15NO3S/c18-15(17-7-8-21-10-14(17)16(19)20)13-6-5-11-3-1-2-4-12(11)9-13/h1-4,7-8,10,13H,5-6,9H2,(H,19,20). The first-order valence-electron chi connectivity index (χ1n) is 6.82. The Hall–Kier alpha value is -2.01. The molecule has 0 radical (unpaired) electrons. The van der Waals surface area contributed by atoms with E-state index in [-0.39, 0.29) is 17.5 Å². The summed E-state index contributed by atoms with van der Waals surface area (Å²) in [5.41, 5.74) is 2.52. The SMILES string of the molecule is O=C(O)C1=CSC=CN1C(=O)C1CCc2ccccc2C1. The van der Waals surface area contributed by atoms with Crippen LogP contribution in [-0.2, 0) is 22.4 Å². The lowest BCUT2D eigenvalue weighted by Gasteiger charge is -2.29. The molecule has 5 heteroatoms. The van der Waals surface area contributed by atoms with Crippen molar-refractivity contribution in [3.63, 3.8) is 0 Å². The van der Waals surface area contributed by atoms with E-state index in [9.17, 15) is 14.7 Å². The van der Waals surface area contributed by atoms with E-state index in [1.54, 1.807) is 11.6 Å². The lowest BCUT2D eigenvalue weighted by atomic mass is 9.83. The van der Waals surface area contributed by atoms with Gasteiger partial charge < -0.3 is 5.11 Å². The molecule has 0 saturated heterocycles. The lowest BCUT2D eigenvalue weighted by molar-refractivity contribution is -0.140. The molecule has 4 nitrogen and oxygen atoms in total. The van der Waals surface area contributed by atoms with Crippen molar-refractivity contribution in [3.05, 3.63) is 58.1 Å². The number of aryl methyl sites for hydroxylation is 1. The molecule has 1 aliphatic carbocycles. The maximum Gasteiger partial charge on any atom is 0.353 e. The van der Waals surface area contributed by atoms with Gasteiger partial charge in [-0.25, -0.2) is 4.79 Å². The van der Waals surface area contributed by atoms with Gasteiger partial charge in [-0.2, -0.15) is 0 Å². The van der Waals surface area contributed by atoms with Crippen molar-refractivity contribution >= 4 is 23.6 Å². The molecule has 1 aromatic rings. The molecule has 1 N–H and O–H groups in total. The van der Waals surface area contributed by atoms with Crippen molar-refractivity contribution in [1.82, 2.24) is 4.90 Å². The molecule has 0 aromatic heterocycles. The third-order valence-corrected chi connectivity index (χ3v) is 4.52. The van der Waals surface area contributed by atoms with Crippen molar-refractivity contribution in [2.75, 3.05) is 0 Å². The van der Waals surface area contributed by atoms with Crippen LogP contribution in [0.25, 0.3) is 0 Å². The highest BCUT2D eigenvalue weighted by molar-refractivity contribution is 8.05. The Morgan fingerprint density at radius 1 is 1.24 bits per heavy atom. The number of thioether (sulfide) groups is 1. The van der Waals surface area contributed by atoms with Crippen LogP contribution in [0.5, 0.6) is 0 Å². The van der Waals surface area contributed by atoms with Gasteiger partial charge in [0.15, 0.2) is 0 Å². The maximum absolute atomic E-state index is 12.6. The van der Waals surface area contributed by atoms with Crippen molar-refractivity contribution in [2.24, 2.45) is 5.92 Å². The number of amides is 1. The average molecular weight is 301 g/mol. The van der Waals surface area contributed by atoms with Gasteiger partial charge in [0.05, 0.1) is 0 Å². The number of carbonyl (C=O) groups excluding carboxylic acids is 1. The molecule has 0 bridgehead atoms. The maximum atomic E-state index is 12.6. The van der Waals surface area contributed by atoms with Crippen LogP contribution in [0.3, 0.4) is 0 Å². The fourth-order valence-electron chi connectivity index (χ4n) is 2.79. The van der Waals surface area contributed by atoms with E-state index in [1.807, 2.05) is 18.2 Å². The van der Waals surface area contributed by atoms with Crippen LogP contribution in [0.1, 0.15) is 17.5 Å². The van der Waals surface area contributed by atoms with Gasteiger partial charge in [-0.05, 0) is 35.8 Å². The normalized spacial score (nSPS) is 20.7. The van der Waals surface area contributed by atoms with Gasteiger partial charge >= 0.3 is 5.97 Å². The van der Waals surface area contributed by atoms with Crippen LogP contribution in [-0.4, -0.2) is 21.9 Å². The smallest absolute Gasteiger partial charge is 0.353 e. The van der Waals surface area contributed by atoms with Gasteiger partial charge in [0.2, 0.25) is 5.91 Å². The summed E-state index contributed by atoms with van der Waals surface area (Å²) in [7, 11) is 0. The van der Waals surface area contributed by atoms with Gasteiger partial charge in [0.25, 0.3) is 0 Å². The van der Waals surface area contributed by atoms with Crippen molar-refractivity contribution in [3.8, 4) is 0 Å². The van der Waals surface area contributed by atoms with Gasteiger partial charge in [-0.15, -0.1) is 11.8 Å². The molecular weight excluding hydrogens is 286 g/mol. The van der Waals surface area contributed by atoms with Crippen LogP contribution < -0.4 is 0 Å². The Morgan fingerprint density at radius 3 is 2.76 bits per heavy atom. The van der Waals surface area contributed by atoms with Crippen LogP contribution in [0.15, 0.2) is 47.0 Å². The minimum atomic E-state index is -1.07. The summed E-state index contributed by atoms with van der Waals surface area (Å²) >= 11 is 1.27. The molecule has 108 valence electrons. The summed E-state index contributed by atoms with van der Waals surface area (Å²) in [4.78, 5) is 25.2. The van der Waals surface area contributed by atoms with E-state index < -0.39 is 5.97 Å². The van der Waals surface area contributed by atoms with E-state index in [0.29, 0.717) is 6.42 Å². The van der Waals surface area contributed by atoms with Crippen LogP contribution >= 0.6 is 11.8 Å². The second kappa shape index (κ2) is 5.77. The molecule has 1 amide bonds. The lowest BCUT2D eigenvalue weighted by Crippen LogP contribution is -2.37. The molecule has 1 aromatic carbocycles. The zero-order valence-electron chi connectivity index (χ0n) is 11.4. The van der Waals surface area contributed by atoms with E-state index in [2.05, 4.69) is 6.07 Å². The van der Waals surface area contributed by atoms with E-state index >= 15 is 0 Å². The summed E-state index contributed by atoms with van der Waals surface area (Å²) in [6.45, 7) is 0. The van der Waals surface area contributed by atoms with Gasteiger partial charge in [0.1, 0.15) is 5.70 Å². The first-order valence-corrected chi connectivity index (χ1v) is 7.76. The highest BCUT2D eigenvalue weighted by Crippen LogP contribution is 2.29. The number of carboxylic acids is 1. The quantitative estimate of drug-likeness (QED) is 0.912. The monoisotopic (exact) mass is 301 g/mol.